The number of furan rings is 1. The molecule has 0 radical (unpaired) electrons. The number of carbonyl (C=O) groups excluding carboxylic acids is 1. The van der Waals surface area contributed by atoms with Gasteiger partial charge in [-0.25, -0.2) is 18.7 Å². The Hall–Kier alpha value is -5.25. The summed E-state index contributed by atoms with van der Waals surface area (Å²) in [4.78, 5) is 23.5. The fourth-order valence-electron chi connectivity index (χ4n) is 4.84. The Labute approximate surface area is 233 Å². The highest BCUT2D eigenvalue weighted by Crippen LogP contribution is 2.42. The van der Waals surface area contributed by atoms with E-state index in [-0.39, 0.29) is 23.0 Å². The molecule has 206 valence electrons. The number of amides is 1. The van der Waals surface area contributed by atoms with Crippen LogP contribution in [0.3, 0.4) is 0 Å². The van der Waals surface area contributed by atoms with E-state index in [9.17, 15) is 13.6 Å². The Morgan fingerprint density at radius 3 is 2.39 bits per heavy atom. The molecule has 0 aliphatic heterocycles. The minimum Gasteiger partial charge on any atom is -0.496 e. The van der Waals surface area contributed by atoms with Gasteiger partial charge < -0.3 is 23.8 Å². The molecule has 0 atom stereocenters. The lowest BCUT2D eigenvalue weighted by Gasteiger charge is -2.19. The van der Waals surface area contributed by atoms with E-state index in [1.54, 1.807) is 25.2 Å². The second-order valence-corrected chi connectivity index (χ2v) is 9.56. The van der Waals surface area contributed by atoms with Gasteiger partial charge in [0.1, 0.15) is 34.2 Å². The van der Waals surface area contributed by atoms with Crippen molar-refractivity contribution in [2.75, 3.05) is 33.2 Å². The standard InChI is InChI=1S/C31H24F2N4O4/c1-34-29(38)27-21-13-20(24(37(2)3)14-26(21)40-28(27)16-5-8-18(32)9-6-16)17-7-10-25(39-4)22(11-17)30-36-23-12-19(33)15-35-31(23)41-30/h5-15H,1-4H3,(H,34,38). The second-order valence-electron chi connectivity index (χ2n) is 9.56. The zero-order chi connectivity index (χ0) is 28.8. The van der Waals surface area contributed by atoms with E-state index in [0.29, 0.717) is 39.2 Å². The third kappa shape index (κ3) is 4.53. The number of ether oxygens (including phenoxy) is 1. The Bertz CT molecular complexity index is 1940. The number of benzene rings is 3. The molecule has 0 spiro atoms. The molecule has 1 amide bonds. The van der Waals surface area contributed by atoms with Gasteiger partial charge in [-0.3, -0.25) is 4.79 Å². The third-order valence-electron chi connectivity index (χ3n) is 6.80. The monoisotopic (exact) mass is 554 g/mol. The van der Waals surface area contributed by atoms with Gasteiger partial charge in [-0.05, 0) is 48.0 Å². The van der Waals surface area contributed by atoms with Gasteiger partial charge in [-0.1, -0.05) is 6.07 Å². The number of fused-ring (bicyclic) bond motifs is 2. The van der Waals surface area contributed by atoms with E-state index in [0.717, 1.165) is 23.0 Å². The average Bonchev–Trinajstić information content (AvgIpc) is 3.57. The Morgan fingerprint density at radius 1 is 0.927 bits per heavy atom. The second kappa shape index (κ2) is 10.1. The van der Waals surface area contributed by atoms with Crippen LogP contribution in [0.15, 0.2) is 75.7 Å². The molecule has 0 fully saturated rings. The largest absolute Gasteiger partial charge is 0.496 e. The van der Waals surface area contributed by atoms with Crippen molar-refractivity contribution >= 4 is 33.8 Å². The Morgan fingerprint density at radius 2 is 1.68 bits per heavy atom. The van der Waals surface area contributed by atoms with E-state index in [4.69, 9.17) is 13.6 Å². The number of aromatic nitrogens is 2. The zero-order valence-corrected chi connectivity index (χ0v) is 22.6. The molecule has 6 rings (SSSR count). The number of hydrogen-bond acceptors (Lipinski definition) is 7. The average molecular weight is 555 g/mol. The number of pyridine rings is 1. The summed E-state index contributed by atoms with van der Waals surface area (Å²) in [6.45, 7) is 0. The van der Waals surface area contributed by atoms with Gasteiger partial charge in [-0.2, -0.15) is 0 Å². The van der Waals surface area contributed by atoms with Crippen LogP contribution >= 0.6 is 0 Å². The first-order valence-corrected chi connectivity index (χ1v) is 12.6. The maximum atomic E-state index is 13.7. The van der Waals surface area contributed by atoms with Crippen LogP contribution in [-0.4, -0.2) is 44.1 Å². The summed E-state index contributed by atoms with van der Waals surface area (Å²) in [6, 6.07) is 16.3. The zero-order valence-electron chi connectivity index (χ0n) is 22.6. The highest BCUT2D eigenvalue weighted by Gasteiger charge is 2.25. The highest BCUT2D eigenvalue weighted by molar-refractivity contribution is 6.13. The Kier molecular flexibility index (Phi) is 6.37. The maximum absolute atomic E-state index is 13.7. The summed E-state index contributed by atoms with van der Waals surface area (Å²) < 4.78 is 45.0. The van der Waals surface area contributed by atoms with E-state index in [1.807, 2.05) is 43.3 Å². The number of nitrogens with one attached hydrogen (secondary N) is 1. The van der Waals surface area contributed by atoms with Crippen LogP contribution in [0, 0.1) is 11.6 Å². The van der Waals surface area contributed by atoms with Crippen molar-refractivity contribution in [3.8, 4) is 39.7 Å². The molecule has 1 N–H and O–H groups in total. The van der Waals surface area contributed by atoms with E-state index < -0.39 is 11.6 Å². The smallest absolute Gasteiger partial charge is 0.255 e. The third-order valence-corrected chi connectivity index (χ3v) is 6.80. The number of rotatable bonds is 6. The van der Waals surface area contributed by atoms with E-state index in [1.165, 1.54) is 25.3 Å². The van der Waals surface area contributed by atoms with Crippen LogP contribution in [0.4, 0.5) is 14.5 Å². The van der Waals surface area contributed by atoms with Crippen LogP contribution in [0.25, 0.3) is 56.1 Å². The summed E-state index contributed by atoms with van der Waals surface area (Å²) in [5, 5.41) is 3.27. The molecule has 3 aromatic carbocycles. The molecule has 0 unspecified atom stereocenters. The lowest BCUT2D eigenvalue weighted by Crippen LogP contribution is -2.18. The van der Waals surface area contributed by atoms with Gasteiger partial charge in [-0.15, -0.1) is 0 Å². The lowest BCUT2D eigenvalue weighted by molar-refractivity contribution is 0.0964. The van der Waals surface area contributed by atoms with Crippen LogP contribution in [0.5, 0.6) is 5.75 Å². The fraction of sp³-hybridized carbons (Fsp3) is 0.129. The predicted molar refractivity (Wildman–Crippen MR) is 152 cm³/mol. The van der Waals surface area contributed by atoms with Gasteiger partial charge in [0.2, 0.25) is 11.6 Å². The summed E-state index contributed by atoms with van der Waals surface area (Å²) in [5.74, 6) is -0.192. The molecular weight excluding hydrogens is 530 g/mol. The minimum absolute atomic E-state index is 0.200. The van der Waals surface area contributed by atoms with Crippen molar-refractivity contribution in [2.45, 2.75) is 0 Å². The van der Waals surface area contributed by atoms with Crippen molar-refractivity contribution in [2.24, 2.45) is 0 Å². The molecule has 10 heteroatoms. The number of nitrogens with zero attached hydrogens (tertiary/aromatic N) is 3. The van der Waals surface area contributed by atoms with Crippen LogP contribution in [0.2, 0.25) is 0 Å². The number of carbonyl (C=O) groups is 1. The molecule has 0 aliphatic rings. The van der Waals surface area contributed by atoms with Gasteiger partial charge in [0.25, 0.3) is 5.91 Å². The van der Waals surface area contributed by atoms with Crippen molar-refractivity contribution in [3.63, 3.8) is 0 Å². The quantitative estimate of drug-likeness (QED) is 0.245. The van der Waals surface area contributed by atoms with Crippen LogP contribution < -0.4 is 15.0 Å². The van der Waals surface area contributed by atoms with Gasteiger partial charge >= 0.3 is 0 Å². The lowest BCUT2D eigenvalue weighted by atomic mass is 9.96. The van der Waals surface area contributed by atoms with Crippen molar-refractivity contribution in [1.29, 1.82) is 0 Å². The summed E-state index contributed by atoms with van der Waals surface area (Å²) in [6.07, 6.45) is 1.07. The molecule has 3 heterocycles. The molecule has 0 bridgehead atoms. The van der Waals surface area contributed by atoms with Gasteiger partial charge in [0.15, 0.2) is 0 Å². The number of oxazole rings is 1. The van der Waals surface area contributed by atoms with Crippen LogP contribution in [-0.2, 0) is 0 Å². The molecule has 0 saturated heterocycles. The Balaban J connectivity index is 1.58. The molecule has 0 aliphatic carbocycles. The van der Waals surface area contributed by atoms with Gasteiger partial charge in [0.05, 0.1) is 24.4 Å². The molecular formula is C31H24F2N4O4. The first-order chi connectivity index (χ1) is 19.8. The summed E-state index contributed by atoms with van der Waals surface area (Å²) in [5.41, 5.74) is 4.82. The van der Waals surface area contributed by atoms with E-state index >= 15 is 0 Å². The fourth-order valence-corrected chi connectivity index (χ4v) is 4.84. The predicted octanol–water partition coefficient (Wildman–Crippen LogP) is 6.68. The first-order valence-electron chi connectivity index (χ1n) is 12.6. The molecule has 41 heavy (non-hydrogen) atoms. The molecule has 0 saturated carbocycles. The topological polar surface area (TPSA) is 93.6 Å². The summed E-state index contributed by atoms with van der Waals surface area (Å²) >= 11 is 0. The van der Waals surface area contributed by atoms with Crippen molar-refractivity contribution in [1.82, 2.24) is 15.3 Å². The molecule has 6 aromatic rings. The maximum Gasteiger partial charge on any atom is 0.255 e. The summed E-state index contributed by atoms with van der Waals surface area (Å²) in [7, 11) is 6.88. The number of hydrogen-bond donors (Lipinski definition) is 1. The minimum atomic E-state index is -0.519. The van der Waals surface area contributed by atoms with Crippen LogP contribution in [0.1, 0.15) is 10.4 Å². The SMILES string of the molecule is CNC(=O)c1c(-c2ccc(F)cc2)oc2cc(N(C)C)c(-c3ccc(OC)c(-c4nc5cc(F)cnc5o4)c3)cc12. The highest BCUT2D eigenvalue weighted by atomic mass is 19.1. The molecule has 8 nitrogen and oxygen atoms in total. The number of methoxy groups -OCH3 is 1. The number of anilines is 1. The van der Waals surface area contributed by atoms with Crippen molar-refractivity contribution < 1.29 is 27.1 Å². The van der Waals surface area contributed by atoms with E-state index in [2.05, 4.69) is 15.3 Å². The molecule has 3 aromatic heterocycles. The number of halogens is 2. The van der Waals surface area contributed by atoms with Gasteiger partial charge in [0, 0.05) is 55.5 Å². The first kappa shape index (κ1) is 26.0. The normalized spacial score (nSPS) is 11.3. The van der Waals surface area contributed by atoms with Crippen molar-refractivity contribution in [3.05, 3.63) is 84.1 Å².